The van der Waals surface area contributed by atoms with Gasteiger partial charge in [-0.15, -0.1) is 11.3 Å². The second kappa shape index (κ2) is 5.44. The lowest BCUT2D eigenvalue weighted by Gasteiger charge is -2.14. The summed E-state index contributed by atoms with van der Waals surface area (Å²) < 4.78 is 5.79. The monoisotopic (exact) mass is 331 g/mol. The molecular weight excluding hydrogens is 318 g/mol. The Bertz CT molecular complexity index is 932. The fourth-order valence-electron chi connectivity index (χ4n) is 2.61. The molecule has 0 aliphatic carbocycles. The third-order valence-electron chi connectivity index (χ3n) is 3.59. The van der Waals surface area contributed by atoms with Crippen LogP contribution in [0.3, 0.4) is 0 Å². The summed E-state index contributed by atoms with van der Waals surface area (Å²) in [6, 6.07) is 4.34. The van der Waals surface area contributed by atoms with Crippen LogP contribution in [0.15, 0.2) is 23.7 Å². The van der Waals surface area contributed by atoms with E-state index in [-0.39, 0.29) is 17.1 Å². The summed E-state index contributed by atoms with van der Waals surface area (Å²) in [4.78, 5) is 15.7. The first-order valence-electron chi connectivity index (χ1n) is 6.64. The highest BCUT2D eigenvalue weighted by Gasteiger charge is 2.23. The molecule has 0 amide bonds. The Morgan fingerprint density at radius 2 is 1.96 bits per heavy atom. The van der Waals surface area contributed by atoms with E-state index in [9.17, 15) is 20.1 Å². The number of aromatic nitrogens is 1. The van der Waals surface area contributed by atoms with Crippen LogP contribution in [0.4, 0.5) is 0 Å². The number of phenols is 2. The largest absolute Gasteiger partial charge is 0.507 e. The number of rotatable bonds is 3. The van der Waals surface area contributed by atoms with Crippen molar-refractivity contribution in [1.29, 1.82) is 0 Å². The maximum atomic E-state index is 11.6. The van der Waals surface area contributed by atoms with Crippen LogP contribution in [0.2, 0.25) is 0 Å². The van der Waals surface area contributed by atoms with Crippen LogP contribution in [0.25, 0.3) is 21.3 Å². The predicted octanol–water partition coefficient (Wildman–Crippen LogP) is 3.39. The lowest BCUT2D eigenvalue weighted by molar-refractivity contribution is 0.0694. The molecule has 0 spiro atoms. The van der Waals surface area contributed by atoms with Gasteiger partial charge in [0, 0.05) is 17.2 Å². The van der Waals surface area contributed by atoms with Gasteiger partial charge >= 0.3 is 5.97 Å². The first kappa shape index (κ1) is 15.1. The molecule has 0 saturated heterocycles. The summed E-state index contributed by atoms with van der Waals surface area (Å²) in [6.45, 7) is 1.76. The number of hydrogen-bond acceptors (Lipinski definition) is 6. The van der Waals surface area contributed by atoms with E-state index in [1.807, 2.05) is 0 Å². The van der Waals surface area contributed by atoms with Crippen LogP contribution in [-0.2, 0) is 0 Å². The number of aromatic carboxylic acids is 1. The molecule has 3 rings (SSSR count). The van der Waals surface area contributed by atoms with Gasteiger partial charge in [0.1, 0.15) is 28.3 Å². The molecule has 118 valence electrons. The van der Waals surface area contributed by atoms with E-state index >= 15 is 0 Å². The zero-order valence-corrected chi connectivity index (χ0v) is 13.1. The van der Waals surface area contributed by atoms with Gasteiger partial charge in [-0.25, -0.2) is 9.78 Å². The topological polar surface area (TPSA) is 99.9 Å². The molecule has 0 fully saturated rings. The van der Waals surface area contributed by atoms with Crippen molar-refractivity contribution in [2.45, 2.75) is 6.92 Å². The van der Waals surface area contributed by atoms with E-state index in [0.717, 1.165) is 0 Å². The van der Waals surface area contributed by atoms with Crippen molar-refractivity contribution in [1.82, 2.24) is 4.98 Å². The van der Waals surface area contributed by atoms with Crippen LogP contribution in [0.5, 0.6) is 17.2 Å². The summed E-state index contributed by atoms with van der Waals surface area (Å²) in [7, 11) is 1.44. The Morgan fingerprint density at radius 3 is 2.61 bits per heavy atom. The highest BCUT2D eigenvalue weighted by atomic mass is 32.1. The second-order valence-electron chi connectivity index (χ2n) is 4.99. The maximum absolute atomic E-state index is 11.6. The minimum atomic E-state index is -1.25. The number of methoxy groups -OCH3 is 1. The van der Waals surface area contributed by atoms with Crippen LogP contribution in [0.1, 0.15) is 15.9 Å². The first-order valence-corrected chi connectivity index (χ1v) is 7.52. The van der Waals surface area contributed by atoms with Crippen LogP contribution < -0.4 is 4.74 Å². The lowest BCUT2D eigenvalue weighted by atomic mass is 9.94. The zero-order valence-electron chi connectivity index (χ0n) is 12.3. The molecule has 0 atom stereocenters. The molecule has 23 heavy (non-hydrogen) atoms. The van der Waals surface area contributed by atoms with Gasteiger partial charge in [-0.3, -0.25) is 0 Å². The zero-order chi connectivity index (χ0) is 16.7. The smallest absolute Gasteiger partial charge is 0.340 e. The number of aromatic hydroxyl groups is 2. The maximum Gasteiger partial charge on any atom is 0.340 e. The Balaban J connectivity index is 2.46. The minimum absolute atomic E-state index is 0.0338. The van der Waals surface area contributed by atoms with Gasteiger partial charge in [-0.2, -0.15) is 0 Å². The molecule has 0 unspecified atom stereocenters. The summed E-state index contributed by atoms with van der Waals surface area (Å²) in [5.74, 6) is -1.25. The quantitative estimate of drug-likeness (QED) is 0.680. The van der Waals surface area contributed by atoms with Crippen molar-refractivity contribution in [3.63, 3.8) is 0 Å². The molecule has 1 heterocycles. The Kier molecular flexibility index (Phi) is 3.57. The molecule has 0 saturated carbocycles. The van der Waals surface area contributed by atoms with Gasteiger partial charge in [0.15, 0.2) is 0 Å². The molecule has 3 N–H and O–H groups in total. The average molecular weight is 331 g/mol. The lowest BCUT2D eigenvalue weighted by Crippen LogP contribution is -2.02. The summed E-state index contributed by atoms with van der Waals surface area (Å²) in [5, 5.41) is 29.6. The molecule has 1 aromatic heterocycles. The van der Waals surface area contributed by atoms with E-state index in [1.54, 1.807) is 18.5 Å². The van der Waals surface area contributed by atoms with Gasteiger partial charge < -0.3 is 20.1 Å². The van der Waals surface area contributed by atoms with Crippen molar-refractivity contribution in [3.8, 4) is 28.4 Å². The molecule has 0 aliphatic heterocycles. The third-order valence-corrected chi connectivity index (χ3v) is 4.44. The van der Waals surface area contributed by atoms with Gasteiger partial charge in [0.05, 0.1) is 17.3 Å². The Hall–Kier alpha value is -2.80. The SMILES string of the molecule is COc1cc(O)c(C(=O)O)c(-c2c(C)cc(O)c3ncsc23)c1. The third kappa shape index (κ3) is 2.35. The van der Waals surface area contributed by atoms with Gasteiger partial charge in [0.25, 0.3) is 0 Å². The van der Waals surface area contributed by atoms with E-state index in [0.29, 0.717) is 32.7 Å². The molecule has 7 heteroatoms. The molecule has 0 bridgehead atoms. The van der Waals surface area contributed by atoms with Crippen LogP contribution in [-0.4, -0.2) is 33.4 Å². The number of carbonyl (C=O) groups is 1. The number of aryl methyl sites for hydroxylation is 1. The molecular formula is C16H13NO5S. The predicted molar refractivity (Wildman–Crippen MR) is 86.6 cm³/mol. The van der Waals surface area contributed by atoms with Crippen LogP contribution in [0, 0.1) is 6.92 Å². The molecule has 3 aromatic rings. The fraction of sp³-hybridized carbons (Fsp3) is 0.125. The first-order chi connectivity index (χ1) is 10.9. The van der Waals surface area contributed by atoms with Crippen molar-refractivity contribution in [2.24, 2.45) is 0 Å². The van der Waals surface area contributed by atoms with Crippen molar-refractivity contribution in [3.05, 3.63) is 34.8 Å². The number of carboxylic acid groups (broad SMARTS) is 1. The van der Waals surface area contributed by atoms with Gasteiger partial charge in [-0.1, -0.05) is 0 Å². The average Bonchev–Trinajstić information content (AvgIpc) is 2.95. The molecule has 2 aromatic carbocycles. The Morgan fingerprint density at radius 1 is 1.22 bits per heavy atom. The van der Waals surface area contributed by atoms with Crippen molar-refractivity contribution < 1.29 is 24.9 Å². The second-order valence-corrected chi connectivity index (χ2v) is 5.85. The summed E-state index contributed by atoms with van der Waals surface area (Å²) in [6.07, 6.45) is 0. The molecule has 6 nitrogen and oxygen atoms in total. The van der Waals surface area contributed by atoms with Gasteiger partial charge in [-0.05, 0) is 24.6 Å². The number of carboxylic acids is 1. The van der Waals surface area contributed by atoms with E-state index in [1.165, 1.54) is 30.6 Å². The number of nitrogens with zero attached hydrogens (tertiary/aromatic N) is 1. The van der Waals surface area contributed by atoms with E-state index in [4.69, 9.17) is 4.74 Å². The highest BCUT2D eigenvalue weighted by molar-refractivity contribution is 7.17. The number of benzene rings is 2. The standard InChI is InChI=1S/C16H13NO5S/c1-7-3-11(19)14-15(23-6-17-14)12(7)9-4-8(22-2)5-10(18)13(9)16(20)21/h3-6,18-19H,1-2H3,(H,20,21). The molecule has 0 aliphatic rings. The number of phenolic OH excluding ortho intramolecular Hbond substituents is 1. The minimum Gasteiger partial charge on any atom is -0.507 e. The fourth-order valence-corrected chi connectivity index (χ4v) is 3.53. The van der Waals surface area contributed by atoms with Crippen molar-refractivity contribution >= 4 is 27.5 Å². The highest BCUT2D eigenvalue weighted by Crippen LogP contribution is 2.43. The number of hydrogen-bond donors (Lipinski definition) is 3. The Labute approximate surface area is 135 Å². The summed E-state index contributed by atoms with van der Waals surface area (Å²) >= 11 is 1.29. The van der Waals surface area contributed by atoms with Crippen LogP contribution >= 0.6 is 11.3 Å². The number of thiazole rings is 1. The molecule has 0 radical (unpaired) electrons. The van der Waals surface area contributed by atoms with Gasteiger partial charge in [0.2, 0.25) is 0 Å². The van der Waals surface area contributed by atoms with Crippen molar-refractivity contribution in [2.75, 3.05) is 7.11 Å². The van der Waals surface area contributed by atoms with E-state index < -0.39 is 5.97 Å². The van der Waals surface area contributed by atoms with E-state index in [2.05, 4.69) is 4.98 Å². The normalized spacial score (nSPS) is 10.9. The number of ether oxygens (including phenoxy) is 1. The summed E-state index contributed by atoms with van der Waals surface area (Å²) in [5.41, 5.74) is 3.36. The number of fused-ring (bicyclic) bond motifs is 1.